The molecule has 0 spiro atoms. The summed E-state index contributed by atoms with van der Waals surface area (Å²) in [6.07, 6.45) is 2.13. The molecular weight excluding hydrogens is 664 g/mol. The number of benzene rings is 4. The van der Waals surface area contributed by atoms with E-state index >= 15 is 0 Å². The number of carbonyl (C=O) groups excluding carboxylic acids is 1. The molecule has 7 nitrogen and oxygen atoms in total. The lowest BCUT2D eigenvalue weighted by Gasteiger charge is -2.09. The van der Waals surface area contributed by atoms with E-state index in [1.54, 1.807) is 24.3 Å². The third-order valence-electron chi connectivity index (χ3n) is 7.76. The Morgan fingerprint density at radius 2 is 1.16 bits per heavy atom. The molecule has 0 saturated carbocycles. The normalized spacial score (nSPS) is 15.8. The molecule has 2 fully saturated rings. The number of carboxylic acids is 1. The van der Waals surface area contributed by atoms with Crippen LogP contribution in [0.25, 0.3) is 0 Å². The van der Waals surface area contributed by atoms with E-state index in [-0.39, 0.29) is 22.6 Å². The van der Waals surface area contributed by atoms with Gasteiger partial charge in [0.05, 0.1) is 29.9 Å². The summed E-state index contributed by atoms with van der Waals surface area (Å²) in [6.45, 7) is 4.64. The van der Waals surface area contributed by atoms with Crippen molar-refractivity contribution in [3.05, 3.63) is 142 Å². The Bertz CT molecular complexity index is 1900. The van der Waals surface area contributed by atoms with Crippen molar-refractivity contribution in [3.8, 4) is 23.7 Å². The van der Waals surface area contributed by atoms with Crippen LogP contribution in [0.15, 0.2) is 84.9 Å². The maximum absolute atomic E-state index is 13.5. The topological polar surface area (TPSA) is 111 Å². The van der Waals surface area contributed by atoms with Gasteiger partial charge in [0.25, 0.3) is 5.91 Å². The molecule has 4 aromatic rings. The van der Waals surface area contributed by atoms with Crippen LogP contribution in [0.4, 0.5) is 17.6 Å². The molecule has 264 valence electrons. The second-order valence-corrected chi connectivity index (χ2v) is 11.6. The fourth-order valence-electron chi connectivity index (χ4n) is 4.71. The molecule has 0 bridgehead atoms. The van der Waals surface area contributed by atoms with E-state index in [0.717, 1.165) is 63.5 Å². The molecule has 2 heterocycles. The van der Waals surface area contributed by atoms with Crippen molar-refractivity contribution in [2.45, 2.75) is 12.8 Å². The third-order valence-corrected chi connectivity index (χ3v) is 7.76. The molecule has 2 aliphatic heterocycles. The Labute approximate surface area is 293 Å². The second kappa shape index (κ2) is 19.7. The monoisotopic (exact) mass is 700 g/mol. The first-order valence-corrected chi connectivity index (χ1v) is 16.1. The number of nitrogens with two attached hydrogens (primary N) is 1. The zero-order chi connectivity index (χ0) is 36.6. The summed E-state index contributed by atoms with van der Waals surface area (Å²) in [5.74, 6) is 7.86. The third kappa shape index (κ3) is 12.7. The van der Waals surface area contributed by atoms with Crippen molar-refractivity contribution >= 4 is 11.9 Å². The summed E-state index contributed by atoms with van der Waals surface area (Å²) in [4.78, 5) is 22.7. The van der Waals surface area contributed by atoms with Crippen molar-refractivity contribution < 1.29 is 41.7 Å². The van der Waals surface area contributed by atoms with Gasteiger partial charge in [0, 0.05) is 54.5 Å². The molecule has 4 N–H and O–H groups in total. The molecule has 6 rings (SSSR count). The first-order valence-electron chi connectivity index (χ1n) is 16.1. The second-order valence-electron chi connectivity index (χ2n) is 11.6. The minimum Gasteiger partial charge on any atom is -0.478 e. The van der Waals surface area contributed by atoms with Gasteiger partial charge >= 0.3 is 5.97 Å². The van der Waals surface area contributed by atoms with Gasteiger partial charge in [-0.25, -0.2) is 22.4 Å². The Morgan fingerprint density at radius 3 is 1.55 bits per heavy atom. The molecule has 2 aliphatic rings. The molecule has 1 amide bonds. The summed E-state index contributed by atoms with van der Waals surface area (Å²) in [5, 5.41) is 11.6. The quantitative estimate of drug-likeness (QED) is 0.170. The first-order chi connectivity index (χ1) is 24.6. The molecule has 2 atom stereocenters. The van der Waals surface area contributed by atoms with E-state index < -0.39 is 29.2 Å². The minimum atomic E-state index is -1.02. The Hall–Kier alpha value is -5.46. The van der Waals surface area contributed by atoms with Gasteiger partial charge in [-0.2, -0.15) is 0 Å². The number of rotatable bonds is 5. The van der Waals surface area contributed by atoms with Gasteiger partial charge in [-0.3, -0.25) is 4.79 Å². The van der Waals surface area contributed by atoms with Crippen LogP contribution in [0.1, 0.15) is 55.8 Å². The van der Waals surface area contributed by atoms with Crippen molar-refractivity contribution in [3.63, 3.8) is 0 Å². The number of carboxylic acid groups (broad SMARTS) is 1. The highest BCUT2D eigenvalue weighted by molar-refractivity contribution is 5.94. The molecule has 11 heteroatoms. The predicted molar refractivity (Wildman–Crippen MR) is 184 cm³/mol. The zero-order valence-corrected chi connectivity index (χ0v) is 27.6. The Morgan fingerprint density at radius 1 is 0.686 bits per heavy atom. The van der Waals surface area contributed by atoms with E-state index in [1.165, 1.54) is 36.4 Å². The van der Waals surface area contributed by atoms with Crippen LogP contribution in [0, 0.1) is 58.8 Å². The Kier molecular flexibility index (Phi) is 14.8. The van der Waals surface area contributed by atoms with E-state index in [0.29, 0.717) is 41.7 Å². The molecule has 0 unspecified atom stereocenters. The van der Waals surface area contributed by atoms with Crippen LogP contribution in [-0.4, -0.2) is 56.5 Å². The molecule has 2 saturated heterocycles. The van der Waals surface area contributed by atoms with Gasteiger partial charge in [-0.1, -0.05) is 23.7 Å². The highest BCUT2D eigenvalue weighted by atomic mass is 19.1. The highest BCUT2D eigenvalue weighted by Gasteiger charge is 2.17. The number of hydrogen-bond donors (Lipinski definition) is 3. The maximum Gasteiger partial charge on any atom is 0.335 e. The Balaban J connectivity index is 0.000000197. The number of aromatic carboxylic acids is 1. The number of halogens is 4. The summed E-state index contributed by atoms with van der Waals surface area (Å²) in [5.41, 5.74) is 7.45. The molecule has 0 aromatic heterocycles. The van der Waals surface area contributed by atoms with Crippen molar-refractivity contribution in [2.24, 2.45) is 17.6 Å². The fraction of sp³-hybridized carbons (Fsp3) is 0.250. The van der Waals surface area contributed by atoms with Crippen molar-refractivity contribution in [1.29, 1.82) is 0 Å². The summed E-state index contributed by atoms with van der Waals surface area (Å²) >= 11 is 0. The van der Waals surface area contributed by atoms with E-state index in [2.05, 4.69) is 29.0 Å². The van der Waals surface area contributed by atoms with Gasteiger partial charge in [0.15, 0.2) is 0 Å². The number of ether oxygens (including phenoxy) is 2. The van der Waals surface area contributed by atoms with Crippen LogP contribution >= 0.6 is 0 Å². The standard InChI is InChI=1S/C20H17F2NO2.C15H8F2O2.C5H11NO/c21-18-8-7-16(19(22)11-18)4-1-14-2-5-17(6-3-14)20(24)23-12-15-9-10-25-13-15;16-13-8-7-11(14(17)9-13)4-1-10-2-5-12(6-3-10)15(18)19;6-3-5-1-2-7-4-5/h2-3,5-8,11,15H,9-10,12-13H2,(H,23,24);2-3,5-9H,(H,18,19);5H,1-4,6H2/t15-;;5-/m0.0/s1. The van der Waals surface area contributed by atoms with Crippen LogP contribution in [0.3, 0.4) is 0 Å². The van der Waals surface area contributed by atoms with E-state index in [1.807, 2.05) is 0 Å². The molecule has 4 aromatic carbocycles. The van der Waals surface area contributed by atoms with Crippen LogP contribution in [0.5, 0.6) is 0 Å². The van der Waals surface area contributed by atoms with Crippen molar-refractivity contribution in [2.75, 3.05) is 39.5 Å². The van der Waals surface area contributed by atoms with Gasteiger partial charge in [-0.15, -0.1) is 0 Å². The average Bonchev–Trinajstić information content (AvgIpc) is 3.86. The molecule has 0 radical (unpaired) electrons. The summed E-state index contributed by atoms with van der Waals surface area (Å²) < 4.78 is 62.7. The number of hydrogen-bond acceptors (Lipinski definition) is 5. The van der Waals surface area contributed by atoms with Crippen LogP contribution < -0.4 is 11.1 Å². The van der Waals surface area contributed by atoms with Gasteiger partial charge < -0.3 is 25.6 Å². The van der Waals surface area contributed by atoms with Crippen molar-refractivity contribution in [1.82, 2.24) is 5.32 Å². The fourth-order valence-corrected chi connectivity index (χ4v) is 4.71. The van der Waals surface area contributed by atoms with Gasteiger partial charge in [0.2, 0.25) is 0 Å². The molecular formula is C40H36F4N2O5. The number of carbonyl (C=O) groups is 2. The maximum atomic E-state index is 13.5. The summed E-state index contributed by atoms with van der Waals surface area (Å²) in [6, 6.07) is 19.0. The van der Waals surface area contributed by atoms with Gasteiger partial charge in [-0.05, 0) is 98.1 Å². The average molecular weight is 701 g/mol. The SMILES string of the molecule is NC[C@@H]1CCOC1.O=C(NC[C@@H]1CCOC1)c1ccc(C#Cc2ccc(F)cc2F)cc1.O=C(O)c1ccc(C#Cc2ccc(F)cc2F)cc1. The first kappa shape index (κ1) is 38.3. The lowest BCUT2D eigenvalue weighted by atomic mass is 10.1. The molecule has 51 heavy (non-hydrogen) atoms. The number of nitrogens with one attached hydrogen (secondary N) is 1. The largest absolute Gasteiger partial charge is 0.478 e. The summed E-state index contributed by atoms with van der Waals surface area (Å²) in [7, 11) is 0. The lowest BCUT2D eigenvalue weighted by Crippen LogP contribution is -2.29. The van der Waals surface area contributed by atoms with Gasteiger partial charge in [0.1, 0.15) is 23.3 Å². The van der Waals surface area contributed by atoms with Crippen LogP contribution in [-0.2, 0) is 9.47 Å². The highest BCUT2D eigenvalue weighted by Crippen LogP contribution is 2.13. The van der Waals surface area contributed by atoms with Crippen LogP contribution in [0.2, 0.25) is 0 Å². The van der Waals surface area contributed by atoms with E-state index in [4.69, 9.17) is 20.3 Å². The number of amides is 1. The zero-order valence-electron chi connectivity index (χ0n) is 27.6. The predicted octanol–water partition coefficient (Wildman–Crippen LogP) is 6.18. The lowest BCUT2D eigenvalue weighted by molar-refractivity contribution is 0.0696. The molecule has 0 aliphatic carbocycles. The smallest absolute Gasteiger partial charge is 0.335 e. The minimum absolute atomic E-state index is 0.0868. The van der Waals surface area contributed by atoms with E-state index in [9.17, 15) is 27.2 Å².